The Labute approximate surface area is 181 Å². The number of pyridine rings is 1. The van der Waals surface area contributed by atoms with E-state index >= 15 is 0 Å². The Kier molecular flexibility index (Phi) is 6.61. The molecule has 0 amide bonds. The maximum Gasteiger partial charge on any atom is 0.266 e. The molecule has 4 rings (SSSR count). The van der Waals surface area contributed by atoms with E-state index in [0.717, 1.165) is 30.7 Å². The highest BCUT2D eigenvalue weighted by Gasteiger charge is 2.16. The first-order chi connectivity index (χ1) is 15.0. The van der Waals surface area contributed by atoms with Crippen molar-refractivity contribution in [3.63, 3.8) is 0 Å². The van der Waals surface area contributed by atoms with Crippen molar-refractivity contribution in [1.82, 2.24) is 19.4 Å². The van der Waals surface area contributed by atoms with Crippen LogP contribution in [0.2, 0.25) is 0 Å². The number of likely N-dealkylation sites (tertiary alicyclic amines) is 1. The van der Waals surface area contributed by atoms with E-state index in [2.05, 4.69) is 21.8 Å². The summed E-state index contributed by atoms with van der Waals surface area (Å²) in [5.41, 5.74) is 0.790. The van der Waals surface area contributed by atoms with Gasteiger partial charge in [-0.1, -0.05) is 13.8 Å². The Hall–Kier alpha value is -2.80. The van der Waals surface area contributed by atoms with Crippen LogP contribution in [-0.2, 0) is 6.42 Å². The monoisotopic (exact) mass is 424 g/mol. The van der Waals surface area contributed by atoms with Crippen LogP contribution in [-0.4, -0.2) is 45.7 Å². The summed E-state index contributed by atoms with van der Waals surface area (Å²) in [4.78, 5) is 23.7. The zero-order valence-corrected chi connectivity index (χ0v) is 18.2. The van der Waals surface area contributed by atoms with Crippen molar-refractivity contribution in [2.24, 2.45) is 5.92 Å². The molecule has 3 heterocycles. The predicted octanol–water partition coefficient (Wildman–Crippen LogP) is 3.98. The van der Waals surface area contributed by atoms with Gasteiger partial charge in [0.25, 0.3) is 5.56 Å². The van der Waals surface area contributed by atoms with Crippen molar-refractivity contribution in [3.05, 3.63) is 58.7 Å². The molecular formula is C24H29FN4O2. The topological polar surface area (TPSA) is 60.3 Å². The molecule has 7 heteroatoms. The van der Waals surface area contributed by atoms with Crippen molar-refractivity contribution >= 4 is 10.9 Å². The Morgan fingerprint density at radius 3 is 2.81 bits per heavy atom. The van der Waals surface area contributed by atoms with E-state index in [4.69, 9.17) is 4.74 Å². The highest BCUT2D eigenvalue weighted by Crippen LogP contribution is 2.19. The molecule has 0 saturated carbocycles. The minimum Gasteiger partial charge on any atom is -0.494 e. The molecule has 0 radical (unpaired) electrons. The van der Waals surface area contributed by atoms with Crippen LogP contribution in [0, 0.1) is 11.9 Å². The maximum absolute atomic E-state index is 13.6. The van der Waals surface area contributed by atoms with Crippen LogP contribution in [0.1, 0.15) is 38.9 Å². The summed E-state index contributed by atoms with van der Waals surface area (Å²) in [7, 11) is 0. The van der Waals surface area contributed by atoms with Gasteiger partial charge in [0.15, 0.2) is 0 Å². The fourth-order valence-corrected chi connectivity index (χ4v) is 4.27. The quantitative estimate of drug-likeness (QED) is 0.424. The molecule has 1 atom stereocenters. The van der Waals surface area contributed by atoms with Gasteiger partial charge in [0, 0.05) is 25.6 Å². The first-order valence-electron chi connectivity index (χ1n) is 11.1. The number of piperidine rings is 1. The fourth-order valence-electron chi connectivity index (χ4n) is 4.27. The highest BCUT2D eigenvalue weighted by molar-refractivity contribution is 5.76. The van der Waals surface area contributed by atoms with E-state index in [0.29, 0.717) is 30.1 Å². The number of aryl methyl sites for hydroxylation is 1. The van der Waals surface area contributed by atoms with Crippen LogP contribution in [0.15, 0.2) is 41.3 Å². The standard InChI is InChI=1S/C24H29FN4O2/c1-3-23-27-21-15-26-22(25)14-20(21)24(30)29(23)18-7-9-19(10-8-18)31-13-5-12-28-11-4-6-17(2)16-28/h7-10,14-15,17H,3-6,11-13,16H2,1-2H3/t17-/m0/s1. The van der Waals surface area contributed by atoms with Crippen LogP contribution in [0.4, 0.5) is 4.39 Å². The molecule has 0 N–H and O–H groups in total. The van der Waals surface area contributed by atoms with Gasteiger partial charge >= 0.3 is 0 Å². The molecule has 31 heavy (non-hydrogen) atoms. The van der Waals surface area contributed by atoms with E-state index in [9.17, 15) is 9.18 Å². The molecule has 164 valence electrons. The second kappa shape index (κ2) is 9.56. The summed E-state index contributed by atoms with van der Waals surface area (Å²) in [6, 6.07) is 8.55. The Balaban J connectivity index is 1.45. The third kappa shape index (κ3) is 4.93. The summed E-state index contributed by atoms with van der Waals surface area (Å²) in [5, 5.41) is 0.219. The molecule has 3 aromatic rings. The fraction of sp³-hybridized carbons (Fsp3) is 0.458. The number of hydrogen-bond acceptors (Lipinski definition) is 5. The van der Waals surface area contributed by atoms with E-state index in [-0.39, 0.29) is 10.9 Å². The molecule has 1 aliphatic heterocycles. The zero-order valence-electron chi connectivity index (χ0n) is 18.2. The second-order valence-corrected chi connectivity index (χ2v) is 8.29. The van der Waals surface area contributed by atoms with Crippen molar-refractivity contribution in [2.45, 2.75) is 39.5 Å². The Morgan fingerprint density at radius 1 is 1.26 bits per heavy atom. The van der Waals surface area contributed by atoms with E-state index < -0.39 is 5.95 Å². The molecule has 1 aromatic carbocycles. The smallest absolute Gasteiger partial charge is 0.266 e. The Morgan fingerprint density at radius 2 is 2.06 bits per heavy atom. The molecule has 0 spiro atoms. The normalized spacial score (nSPS) is 17.2. The Bertz CT molecular complexity index is 1100. The number of benzene rings is 1. The lowest BCUT2D eigenvalue weighted by Gasteiger charge is -2.30. The number of nitrogens with zero attached hydrogens (tertiary/aromatic N) is 4. The van der Waals surface area contributed by atoms with Crippen LogP contribution in [0.5, 0.6) is 5.75 Å². The van der Waals surface area contributed by atoms with Crippen molar-refractivity contribution in [2.75, 3.05) is 26.2 Å². The van der Waals surface area contributed by atoms with Crippen LogP contribution >= 0.6 is 0 Å². The number of aromatic nitrogens is 3. The van der Waals surface area contributed by atoms with Gasteiger partial charge in [-0.25, -0.2) is 9.97 Å². The summed E-state index contributed by atoms with van der Waals surface area (Å²) in [5.74, 6) is 1.47. The van der Waals surface area contributed by atoms with Crippen LogP contribution in [0.25, 0.3) is 16.6 Å². The lowest BCUT2D eigenvalue weighted by atomic mass is 10.0. The summed E-state index contributed by atoms with van der Waals surface area (Å²) < 4.78 is 21.0. The predicted molar refractivity (Wildman–Crippen MR) is 119 cm³/mol. The average Bonchev–Trinajstić information content (AvgIpc) is 2.78. The molecule has 0 unspecified atom stereocenters. The lowest BCUT2D eigenvalue weighted by Crippen LogP contribution is -2.35. The molecule has 2 aromatic heterocycles. The lowest BCUT2D eigenvalue weighted by molar-refractivity contribution is 0.170. The summed E-state index contributed by atoms with van der Waals surface area (Å²) in [6.45, 7) is 8.34. The molecule has 1 fully saturated rings. The number of rotatable bonds is 7. The van der Waals surface area contributed by atoms with E-state index in [1.54, 1.807) is 0 Å². The second-order valence-electron chi connectivity index (χ2n) is 8.29. The molecule has 0 bridgehead atoms. The molecule has 1 saturated heterocycles. The summed E-state index contributed by atoms with van der Waals surface area (Å²) in [6.07, 6.45) is 5.48. The van der Waals surface area contributed by atoms with Crippen molar-refractivity contribution in [3.8, 4) is 11.4 Å². The van der Waals surface area contributed by atoms with Gasteiger partial charge in [-0.2, -0.15) is 4.39 Å². The van der Waals surface area contributed by atoms with Gasteiger partial charge in [0.05, 0.1) is 29.4 Å². The number of halogens is 1. The van der Waals surface area contributed by atoms with Crippen molar-refractivity contribution < 1.29 is 9.13 Å². The maximum atomic E-state index is 13.6. The van der Waals surface area contributed by atoms with Crippen LogP contribution in [0.3, 0.4) is 0 Å². The van der Waals surface area contributed by atoms with Gasteiger partial charge in [-0.05, 0) is 56.0 Å². The molecular weight excluding hydrogens is 395 g/mol. The first-order valence-corrected chi connectivity index (χ1v) is 11.1. The largest absolute Gasteiger partial charge is 0.494 e. The third-order valence-corrected chi connectivity index (χ3v) is 5.83. The first kappa shape index (κ1) is 21.4. The van der Waals surface area contributed by atoms with E-state index in [1.165, 1.54) is 36.7 Å². The minimum absolute atomic E-state index is 0.219. The molecule has 1 aliphatic rings. The zero-order chi connectivity index (χ0) is 21.8. The average molecular weight is 425 g/mol. The number of hydrogen-bond donors (Lipinski definition) is 0. The number of fused-ring (bicyclic) bond motifs is 1. The van der Waals surface area contributed by atoms with Gasteiger partial charge in [-0.3, -0.25) is 9.36 Å². The van der Waals surface area contributed by atoms with Crippen LogP contribution < -0.4 is 10.3 Å². The van der Waals surface area contributed by atoms with Gasteiger partial charge in [-0.15, -0.1) is 0 Å². The highest BCUT2D eigenvalue weighted by atomic mass is 19.1. The SMILES string of the molecule is CCc1nc2cnc(F)cc2c(=O)n1-c1ccc(OCCCN2CCC[C@H](C)C2)cc1. The summed E-state index contributed by atoms with van der Waals surface area (Å²) >= 11 is 0. The third-order valence-electron chi connectivity index (χ3n) is 5.83. The van der Waals surface area contributed by atoms with Crippen molar-refractivity contribution in [1.29, 1.82) is 0 Å². The van der Waals surface area contributed by atoms with Gasteiger partial charge in [0.1, 0.15) is 11.6 Å². The number of ether oxygens (including phenoxy) is 1. The van der Waals surface area contributed by atoms with Gasteiger partial charge < -0.3 is 9.64 Å². The minimum atomic E-state index is -0.690. The van der Waals surface area contributed by atoms with E-state index in [1.807, 2.05) is 31.2 Å². The van der Waals surface area contributed by atoms with Gasteiger partial charge in [0.2, 0.25) is 5.95 Å². The molecule has 0 aliphatic carbocycles. The molecule has 6 nitrogen and oxygen atoms in total.